The molecule has 196 valence electrons. The Morgan fingerprint density at radius 1 is 1.11 bits per heavy atom. The van der Waals surface area contributed by atoms with E-state index in [9.17, 15) is 9.59 Å². The van der Waals surface area contributed by atoms with Crippen LogP contribution >= 0.6 is 11.3 Å². The monoisotopic (exact) mass is 533 g/mol. The second-order valence-corrected chi connectivity index (χ2v) is 11.0. The van der Waals surface area contributed by atoms with Crippen LogP contribution in [0.2, 0.25) is 0 Å². The summed E-state index contributed by atoms with van der Waals surface area (Å²) in [5.41, 5.74) is 2.07. The fourth-order valence-corrected chi connectivity index (χ4v) is 6.33. The first-order valence-corrected chi connectivity index (χ1v) is 13.7. The standard InChI is InChI=1S/C28H28FN5O3S/c1-32-16-22(31-17-32)25-15-21-27(38-25)24(9-10-30-21)37-23-8-7-18(13-20(23)29)14-26(35)34-12-11-33(28(34)36)19-5-3-2-4-6-19/h7-10,13,15-17,19H,2-6,11-12,14H2,1H3. The summed E-state index contributed by atoms with van der Waals surface area (Å²) in [6.45, 7) is 0.957. The fourth-order valence-electron chi connectivity index (χ4n) is 5.30. The molecule has 1 aromatic carbocycles. The highest BCUT2D eigenvalue weighted by Crippen LogP contribution is 2.39. The molecule has 0 atom stereocenters. The topological polar surface area (TPSA) is 80.6 Å². The van der Waals surface area contributed by atoms with Gasteiger partial charge in [-0.1, -0.05) is 25.3 Å². The number of ether oxygens (including phenoxy) is 1. The van der Waals surface area contributed by atoms with E-state index in [1.165, 1.54) is 34.8 Å². The zero-order valence-electron chi connectivity index (χ0n) is 21.1. The van der Waals surface area contributed by atoms with Crippen molar-refractivity contribution < 1.29 is 18.7 Å². The largest absolute Gasteiger partial charge is 0.453 e. The fraction of sp³-hybridized carbons (Fsp3) is 0.357. The molecule has 2 fully saturated rings. The number of thiophene rings is 1. The van der Waals surface area contributed by atoms with Gasteiger partial charge in [0.05, 0.1) is 33.5 Å². The van der Waals surface area contributed by atoms with E-state index in [1.54, 1.807) is 24.7 Å². The third-order valence-corrected chi connectivity index (χ3v) is 8.42. The second-order valence-electron chi connectivity index (χ2n) is 9.92. The van der Waals surface area contributed by atoms with E-state index in [1.807, 2.05) is 28.8 Å². The van der Waals surface area contributed by atoms with Gasteiger partial charge in [0.15, 0.2) is 11.6 Å². The van der Waals surface area contributed by atoms with Gasteiger partial charge in [0.2, 0.25) is 5.91 Å². The van der Waals surface area contributed by atoms with Crippen molar-refractivity contribution in [2.45, 2.75) is 44.6 Å². The van der Waals surface area contributed by atoms with Crippen molar-refractivity contribution in [1.29, 1.82) is 0 Å². The number of fused-ring (bicyclic) bond motifs is 1. The summed E-state index contributed by atoms with van der Waals surface area (Å²) in [5, 5.41) is 0. The van der Waals surface area contributed by atoms with Gasteiger partial charge in [0, 0.05) is 44.6 Å². The molecule has 0 bridgehead atoms. The lowest BCUT2D eigenvalue weighted by atomic mass is 9.94. The van der Waals surface area contributed by atoms with Gasteiger partial charge in [-0.05, 0) is 36.6 Å². The quantitative estimate of drug-likeness (QED) is 0.314. The molecule has 0 spiro atoms. The van der Waals surface area contributed by atoms with E-state index in [-0.39, 0.29) is 30.2 Å². The first-order chi connectivity index (χ1) is 18.5. The van der Waals surface area contributed by atoms with Crippen LogP contribution in [0.1, 0.15) is 37.7 Å². The number of imide groups is 1. The minimum atomic E-state index is -0.571. The average Bonchev–Trinajstić information content (AvgIpc) is 3.64. The van der Waals surface area contributed by atoms with Gasteiger partial charge in [-0.3, -0.25) is 14.7 Å². The smallest absolute Gasteiger partial charge is 0.327 e. The maximum Gasteiger partial charge on any atom is 0.327 e. The van der Waals surface area contributed by atoms with Crippen molar-refractivity contribution in [1.82, 2.24) is 24.3 Å². The highest BCUT2D eigenvalue weighted by Gasteiger charge is 2.37. The Labute approximate surface area is 223 Å². The molecular formula is C28H28FN5O3S. The molecule has 8 nitrogen and oxygen atoms in total. The van der Waals surface area contributed by atoms with Crippen LogP contribution in [-0.4, -0.2) is 55.4 Å². The molecular weight excluding hydrogens is 505 g/mol. The van der Waals surface area contributed by atoms with E-state index in [0.29, 0.717) is 24.4 Å². The molecule has 3 amide bonds. The van der Waals surface area contributed by atoms with Gasteiger partial charge in [-0.2, -0.15) is 0 Å². The van der Waals surface area contributed by atoms with Gasteiger partial charge in [0.1, 0.15) is 5.75 Å². The number of amides is 3. The summed E-state index contributed by atoms with van der Waals surface area (Å²) in [6.07, 6.45) is 10.7. The summed E-state index contributed by atoms with van der Waals surface area (Å²) in [6, 6.07) is 8.15. The predicted molar refractivity (Wildman–Crippen MR) is 143 cm³/mol. The summed E-state index contributed by atoms with van der Waals surface area (Å²) in [7, 11) is 1.91. The van der Waals surface area contributed by atoms with Crippen LogP contribution in [0.25, 0.3) is 20.8 Å². The zero-order chi connectivity index (χ0) is 26.2. The van der Waals surface area contributed by atoms with Crippen LogP contribution < -0.4 is 4.74 Å². The summed E-state index contributed by atoms with van der Waals surface area (Å²) >= 11 is 1.48. The van der Waals surface area contributed by atoms with Crippen LogP contribution in [0.15, 0.2) is 49.1 Å². The Morgan fingerprint density at radius 2 is 1.95 bits per heavy atom. The molecule has 10 heteroatoms. The number of carbonyl (C=O) groups is 2. The lowest BCUT2D eigenvalue weighted by Crippen LogP contribution is -2.42. The Morgan fingerprint density at radius 3 is 2.71 bits per heavy atom. The molecule has 3 aromatic heterocycles. The highest BCUT2D eigenvalue weighted by molar-refractivity contribution is 7.22. The Kier molecular flexibility index (Phi) is 6.57. The number of carbonyl (C=O) groups excluding carboxylic acids is 2. The average molecular weight is 534 g/mol. The molecule has 4 heterocycles. The van der Waals surface area contributed by atoms with Gasteiger partial charge >= 0.3 is 6.03 Å². The molecule has 0 unspecified atom stereocenters. The third-order valence-electron chi connectivity index (χ3n) is 7.26. The number of pyridine rings is 1. The number of aromatic nitrogens is 3. The van der Waals surface area contributed by atoms with E-state index in [0.717, 1.165) is 46.5 Å². The molecule has 6 rings (SSSR count). The second kappa shape index (κ2) is 10.2. The zero-order valence-corrected chi connectivity index (χ0v) is 21.9. The van der Waals surface area contributed by atoms with Crippen LogP contribution in [0, 0.1) is 5.82 Å². The molecule has 4 aromatic rings. The van der Waals surface area contributed by atoms with Crippen molar-refractivity contribution in [2.24, 2.45) is 7.05 Å². The van der Waals surface area contributed by atoms with Crippen LogP contribution in [0.5, 0.6) is 11.5 Å². The molecule has 1 saturated heterocycles. The maximum atomic E-state index is 15.1. The Balaban J connectivity index is 1.15. The maximum absolute atomic E-state index is 15.1. The lowest BCUT2D eigenvalue weighted by Gasteiger charge is -2.30. The molecule has 1 aliphatic carbocycles. The number of urea groups is 1. The summed E-state index contributed by atoms with van der Waals surface area (Å²) in [4.78, 5) is 38.7. The van der Waals surface area contributed by atoms with Gasteiger partial charge in [-0.25, -0.2) is 14.2 Å². The molecule has 0 radical (unpaired) electrons. The lowest BCUT2D eigenvalue weighted by molar-refractivity contribution is -0.126. The first kappa shape index (κ1) is 24.5. The molecule has 2 aliphatic rings. The van der Waals surface area contributed by atoms with Gasteiger partial charge < -0.3 is 14.2 Å². The van der Waals surface area contributed by atoms with E-state index >= 15 is 4.39 Å². The van der Waals surface area contributed by atoms with Crippen LogP contribution in [0.3, 0.4) is 0 Å². The number of hydrogen-bond donors (Lipinski definition) is 0. The Bertz CT molecular complexity index is 1510. The highest BCUT2D eigenvalue weighted by atomic mass is 32.1. The molecule has 1 aliphatic heterocycles. The summed E-state index contributed by atoms with van der Waals surface area (Å²) < 4.78 is 23.7. The number of halogens is 1. The molecule has 0 N–H and O–H groups in total. The molecule has 38 heavy (non-hydrogen) atoms. The summed E-state index contributed by atoms with van der Waals surface area (Å²) in [5.74, 6) is -0.325. The van der Waals surface area contributed by atoms with Crippen molar-refractivity contribution in [3.05, 3.63) is 60.4 Å². The van der Waals surface area contributed by atoms with Crippen molar-refractivity contribution in [2.75, 3.05) is 13.1 Å². The minimum absolute atomic E-state index is 0.0424. The van der Waals surface area contributed by atoms with Crippen molar-refractivity contribution >= 4 is 33.5 Å². The Hall–Kier alpha value is -3.79. The van der Waals surface area contributed by atoms with E-state index in [2.05, 4.69) is 9.97 Å². The van der Waals surface area contributed by atoms with Crippen LogP contribution in [0.4, 0.5) is 9.18 Å². The number of hydrogen-bond acceptors (Lipinski definition) is 6. The van der Waals surface area contributed by atoms with Gasteiger partial charge in [0.25, 0.3) is 0 Å². The minimum Gasteiger partial charge on any atom is -0.453 e. The normalized spacial score (nSPS) is 16.5. The predicted octanol–water partition coefficient (Wildman–Crippen LogP) is 5.77. The first-order valence-electron chi connectivity index (χ1n) is 12.9. The molecule has 1 saturated carbocycles. The number of aryl methyl sites for hydroxylation is 1. The van der Waals surface area contributed by atoms with Gasteiger partial charge in [-0.15, -0.1) is 11.3 Å². The number of imidazole rings is 1. The SMILES string of the molecule is Cn1cnc(-c2cc3nccc(Oc4ccc(CC(=O)N5CCN(C6CCCCC6)C5=O)cc4F)c3s2)c1. The number of nitrogens with zero attached hydrogens (tertiary/aromatic N) is 5. The van der Waals surface area contributed by atoms with Crippen molar-refractivity contribution in [3.8, 4) is 22.1 Å². The van der Waals surface area contributed by atoms with Crippen LogP contribution in [-0.2, 0) is 18.3 Å². The van der Waals surface area contributed by atoms with E-state index in [4.69, 9.17) is 4.74 Å². The number of rotatable bonds is 6. The third kappa shape index (κ3) is 4.76. The number of benzene rings is 1. The van der Waals surface area contributed by atoms with E-state index < -0.39 is 5.82 Å². The van der Waals surface area contributed by atoms with Crippen molar-refractivity contribution in [3.63, 3.8) is 0 Å².